The molecule has 0 bridgehead atoms. The molecule has 3 rings (SSSR count). The standard InChI is InChI=1S/C20H22N2O3/c1-14-13-17(21-15-7-3-2-4-8-15)16-9-5-6-10-18(16)22(14)19(23)11-12-20(24)25/h2-10,14,17,21H,11-13H2,1H3,(H,24,25)/p-1/t14-,17+/m0/s1. The summed E-state index contributed by atoms with van der Waals surface area (Å²) >= 11 is 0. The molecule has 2 aromatic carbocycles. The summed E-state index contributed by atoms with van der Waals surface area (Å²) in [6, 6.07) is 17.8. The third-order valence-electron chi connectivity index (χ3n) is 4.52. The van der Waals surface area contributed by atoms with Crippen LogP contribution in [0.1, 0.15) is 37.8 Å². The smallest absolute Gasteiger partial charge is 0.227 e. The number of nitrogens with zero attached hydrogens (tertiary/aromatic N) is 1. The lowest BCUT2D eigenvalue weighted by atomic mass is 9.91. The minimum absolute atomic E-state index is 0.0228. The molecule has 0 saturated carbocycles. The van der Waals surface area contributed by atoms with E-state index in [2.05, 4.69) is 5.32 Å². The van der Waals surface area contributed by atoms with Gasteiger partial charge in [0.15, 0.2) is 0 Å². The predicted octanol–water partition coefficient (Wildman–Crippen LogP) is 2.50. The van der Waals surface area contributed by atoms with E-state index in [1.54, 1.807) is 4.90 Å². The molecule has 0 fully saturated rings. The first-order chi connectivity index (χ1) is 12.1. The van der Waals surface area contributed by atoms with Crippen LogP contribution in [-0.2, 0) is 9.59 Å². The fourth-order valence-corrected chi connectivity index (χ4v) is 3.39. The van der Waals surface area contributed by atoms with Crippen molar-refractivity contribution in [3.05, 3.63) is 60.2 Å². The second-order valence-corrected chi connectivity index (χ2v) is 6.34. The number of nitrogens with one attached hydrogen (secondary N) is 1. The number of carboxylic acids is 1. The van der Waals surface area contributed by atoms with Crippen LogP contribution in [0, 0.1) is 0 Å². The highest BCUT2D eigenvalue weighted by molar-refractivity contribution is 5.96. The van der Waals surface area contributed by atoms with Gasteiger partial charge >= 0.3 is 0 Å². The fourth-order valence-electron chi connectivity index (χ4n) is 3.39. The van der Waals surface area contributed by atoms with E-state index in [1.807, 2.05) is 61.5 Å². The average molecular weight is 337 g/mol. The molecule has 0 saturated heterocycles. The van der Waals surface area contributed by atoms with Crippen LogP contribution in [0.3, 0.4) is 0 Å². The van der Waals surface area contributed by atoms with E-state index in [0.29, 0.717) is 0 Å². The van der Waals surface area contributed by atoms with Crippen molar-refractivity contribution in [2.75, 3.05) is 10.2 Å². The fraction of sp³-hybridized carbons (Fsp3) is 0.300. The van der Waals surface area contributed by atoms with Crippen LogP contribution in [0.5, 0.6) is 0 Å². The van der Waals surface area contributed by atoms with E-state index >= 15 is 0 Å². The van der Waals surface area contributed by atoms with Gasteiger partial charge in [-0.3, -0.25) is 4.79 Å². The first kappa shape index (κ1) is 17.0. The quantitative estimate of drug-likeness (QED) is 0.910. The number of hydrogen-bond acceptors (Lipinski definition) is 4. The van der Waals surface area contributed by atoms with E-state index in [1.165, 1.54) is 0 Å². The minimum Gasteiger partial charge on any atom is -0.550 e. The van der Waals surface area contributed by atoms with Crippen LogP contribution in [0.15, 0.2) is 54.6 Å². The van der Waals surface area contributed by atoms with Crippen molar-refractivity contribution in [1.82, 2.24) is 0 Å². The van der Waals surface area contributed by atoms with Gasteiger partial charge in [0, 0.05) is 29.8 Å². The Hall–Kier alpha value is -2.82. The lowest BCUT2D eigenvalue weighted by Gasteiger charge is -2.40. The molecule has 0 radical (unpaired) electrons. The molecule has 0 aromatic heterocycles. The van der Waals surface area contributed by atoms with Crippen molar-refractivity contribution in [2.24, 2.45) is 0 Å². The number of para-hydroxylation sites is 2. The molecule has 2 aromatic rings. The van der Waals surface area contributed by atoms with Crippen LogP contribution in [0.4, 0.5) is 11.4 Å². The zero-order valence-electron chi connectivity index (χ0n) is 14.1. The van der Waals surface area contributed by atoms with Gasteiger partial charge < -0.3 is 20.1 Å². The molecule has 0 unspecified atom stereocenters. The molecule has 1 heterocycles. The topological polar surface area (TPSA) is 72.5 Å². The van der Waals surface area contributed by atoms with Gasteiger partial charge in [-0.25, -0.2) is 0 Å². The Morgan fingerprint density at radius 3 is 2.48 bits per heavy atom. The number of amides is 1. The Morgan fingerprint density at radius 2 is 1.76 bits per heavy atom. The van der Waals surface area contributed by atoms with E-state index in [0.717, 1.165) is 23.4 Å². The molecular weight excluding hydrogens is 316 g/mol. The Balaban J connectivity index is 1.87. The van der Waals surface area contributed by atoms with Crippen molar-refractivity contribution in [3.8, 4) is 0 Å². The Bertz CT molecular complexity index is 761. The highest BCUT2D eigenvalue weighted by Crippen LogP contribution is 2.39. The van der Waals surface area contributed by atoms with E-state index in [4.69, 9.17) is 0 Å². The Kier molecular flexibility index (Phi) is 5.03. The largest absolute Gasteiger partial charge is 0.550 e. The molecule has 5 nitrogen and oxygen atoms in total. The molecule has 1 aliphatic rings. The van der Waals surface area contributed by atoms with E-state index in [-0.39, 0.29) is 30.8 Å². The summed E-state index contributed by atoms with van der Waals surface area (Å²) in [5.41, 5.74) is 2.93. The number of rotatable bonds is 5. The number of carbonyl (C=O) groups is 2. The van der Waals surface area contributed by atoms with E-state index in [9.17, 15) is 14.7 Å². The second-order valence-electron chi connectivity index (χ2n) is 6.34. The number of anilines is 2. The Labute approximate surface area is 147 Å². The first-order valence-electron chi connectivity index (χ1n) is 8.48. The normalized spacial score (nSPS) is 19.2. The van der Waals surface area contributed by atoms with Crippen molar-refractivity contribution < 1.29 is 14.7 Å². The first-order valence-corrected chi connectivity index (χ1v) is 8.48. The van der Waals surface area contributed by atoms with Gasteiger partial charge in [0.2, 0.25) is 5.91 Å². The highest BCUT2D eigenvalue weighted by atomic mass is 16.4. The summed E-state index contributed by atoms with van der Waals surface area (Å²) in [4.78, 5) is 25.0. The molecule has 2 atom stereocenters. The number of benzene rings is 2. The summed E-state index contributed by atoms with van der Waals surface area (Å²) in [7, 11) is 0. The van der Waals surface area contributed by atoms with Crippen molar-refractivity contribution >= 4 is 23.3 Å². The molecule has 0 spiro atoms. The lowest BCUT2D eigenvalue weighted by Crippen LogP contribution is -2.44. The molecule has 5 heteroatoms. The molecule has 1 N–H and O–H groups in total. The number of aliphatic carboxylic acids is 1. The second kappa shape index (κ2) is 7.38. The molecule has 25 heavy (non-hydrogen) atoms. The van der Waals surface area contributed by atoms with E-state index < -0.39 is 5.97 Å². The van der Waals surface area contributed by atoms with Gasteiger partial charge in [-0.05, 0) is 43.5 Å². The number of carbonyl (C=O) groups excluding carboxylic acids is 2. The van der Waals surface area contributed by atoms with Gasteiger partial charge in [-0.15, -0.1) is 0 Å². The summed E-state index contributed by atoms with van der Waals surface area (Å²) < 4.78 is 0. The SMILES string of the molecule is C[C@H]1C[C@@H](Nc2ccccc2)c2ccccc2N1C(=O)CCC(=O)[O-]. The minimum atomic E-state index is -1.20. The van der Waals surface area contributed by atoms with Crippen LogP contribution in [-0.4, -0.2) is 17.9 Å². The molecule has 130 valence electrons. The summed E-state index contributed by atoms with van der Waals surface area (Å²) in [5, 5.41) is 14.2. The van der Waals surface area contributed by atoms with Crippen molar-refractivity contribution in [3.63, 3.8) is 0 Å². The summed E-state index contributed by atoms with van der Waals surface area (Å²) in [6.07, 6.45) is 0.455. The summed E-state index contributed by atoms with van der Waals surface area (Å²) in [5.74, 6) is -1.38. The predicted molar refractivity (Wildman–Crippen MR) is 95.1 cm³/mol. The maximum Gasteiger partial charge on any atom is 0.227 e. The lowest BCUT2D eigenvalue weighted by molar-refractivity contribution is -0.305. The van der Waals surface area contributed by atoms with Crippen molar-refractivity contribution in [2.45, 2.75) is 38.3 Å². The molecule has 1 aliphatic heterocycles. The molecular formula is C20H21N2O3-. The Morgan fingerprint density at radius 1 is 1.08 bits per heavy atom. The monoisotopic (exact) mass is 337 g/mol. The highest BCUT2D eigenvalue weighted by Gasteiger charge is 2.33. The van der Waals surface area contributed by atoms with Crippen LogP contribution >= 0.6 is 0 Å². The van der Waals surface area contributed by atoms with Gasteiger partial charge in [0.25, 0.3) is 0 Å². The van der Waals surface area contributed by atoms with Gasteiger partial charge in [-0.2, -0.15) is 0 Å². The maximum absolute atomic E-state index is 12.6. The van der Waals surface area contributed by atoms with Gasteiger partial charge in [0.1, 0.15) is 0 Å². The zero-order chi connectivity index (χ0) is 17.8. The van der Waals surface area contributed by atoms with Crippen molar-refractivity contribution in [1.29, 1.82) is 0 Å². The number of hydrogen-bond donors (Lipinski definition) is 1. The molecule has 1 amide bonds. The van der Waals surface area contributed by atoms with Gasteiger partial charge in [0.05, 0.1) is 6.04 Å². The van der Waals surface area contributed by atoms with Gasteiger partial charge in [-0.1, -0.05) is 36.4 Å². The zero-order valence-corrected chi connectivity index (χ0v) is 14.1. The third kappa shape index (κ3) is 3.82. The maximum atomic E-state index is 12.6. The van der Waals surface area contributed by atoms with Crippen LogP contribution in [0.2, 0.25) is 0 Å². The number of carboxylic acid groups (broad SMARTS) is 1. The number of fused-ring (bicyclic) bond motifs is 1. The van der Waals surface area contributed by atoms with Crippen LogP contribution in [0.25, 0.3) is 0 Å². The van der Waals surface area contributed by atoms with Crippen LogP contribution < -0.4 is 15.3 Å². The third-order valence-corrected chi connectivity index (χ3v) is 4.52. The molecule has 0 aliphatic carbocycles. The average Bonchev–Trinajstić information content (AvgIpc) is 2.61. The summed E-state index contributed by atoms with van der Waals surface area (Å²) in [6.45, 7) is 1.99.